The molecule has 0 amide bonds. The van der Waals surface area contributed by atoms with E-state index >= 15 is 0 Å². The molecule has 1 aromatic heterocycles. The lowest BCUT2D eigenvalue weighted by atomic mass is 9.99. The average Bonchev–Trinajstić information content (AvgIpc) is 2.80. The Labute approximate surface area is 115 Å². The third-order valence-electron chi connectivity index (χ3n) is 3.01. The van der Waals surface area contributed by atoms with Gasteiger partial charge in [-0.3, -0.25) is 0 Å². The van der Waals surface area contributed by atoms with E-state index in [9.17, 15) is 0 Å². The Bertz CT molecular complexity index is 744. The van der Waals surface area contributed by atoms with Crippen LogP contribution in [0.4, 0.5) is 5.95 Å². The molecule has 0 atom stereocenters. The van der Waals surface area contributed by atoms with Crippen LogP contribution >= 0.6 is 11.6 Å². The zero-order valence-corrected chi connectivity index (χ0v) is 10.9. The Morgan fingerprint density at radius 3 is 2.63 bits per heavy atom. The van der Waals surface area contributed by atoms with Gasteiger partial charge in [0, 0.05) is 11.1 Å². The highest BCUT2D eigenvalue weighted by Gasteiger charge is 2.07. The van der Waals surface area contributed by atoms with E-state index in [4.69, 9.17) is 17.3 Å². The second kappa shape index (κ2) is 4.78. The molecule has 0 aliphatic heterocycles. The Kier molecular flexibility index (Phi) is 2.97. The van der Waals surface area contributed by atoms with Crippen molar-refractivity contribution in [1.82, 2.24) is 9.97 Å². The topological polar surface area (TPSA) is 54.7 Å². The molecule has 0 aliphatic rings. The van der Waals surface area contributed by atoms with Gasteiger partial charge >= 0.3 is 0 Å². The van der Waals surface area contributed by atoms with Gasteiger partial charge in [0.1, 0.15) is 0 Å². The van der Waals surface area contributed by atoms with Gasteiger partial charge in [-0.15, -0.1) is 0 Å². The zero-order chi connectivity index (χ0) is 13.2. The van der Waals surface area contributed by atoms with Gasteiger partial charge in [0.15, 0.2) is 5.95 Å². The molecule has 94 valence electrons. The zero-order valence-electron chi connectivity index (χ0n) is 10.1. The van der Waals surface area contributed by atoms with Crippen molar-refractivity contribution in [3.8, 4) is 0 Å². The van der Waals surface area contributed by atoms with Gasteiger partial charge in [0.25, 0.3) is 0 Å². The molecule has 0 unspecified atom stereocenters. The van der Waals surface area contributed by atoms with Gasteiger partial charge < -0.3 is 10.7 Å². The molecule has 4 heteroatoms. The van der Waals surface area contributed by atoms with Gasteiger partial charge in [-0.25, -0.2) is 4.98 Å². The van der Waals surface area contributed by atoms with Crippen molar-refractivity contribution in [2.24, 2.45) is 0 Å². The highest BCUT2D eigenvalue weighted by Crippen LogP contribution is 2.26. The summed E-state index contributed by atoms with van der Waals surface area (Å²) in [6.07, 6.45) is 0. The first kappa shape index (κ1) is 11.8. The van der Waals surface area contributed by atoms with Crippen LogP contribution in [0.25, 0.3) is 16.6 Å². The summed E-state index contributed by atoms with van der Waals surface area (Å²) in [4.78, 5) is 7.21. The number of rotatable bonds is 2. The first-order valence-corrected chi connectivity index (χ1v) is 6.33. The Balaban J connectivity index is 2.12. The second-order valence-corrected chi connectivity index (χ2v) is 4.46. The van der Waals surface area contributed by atoms with Crippen molar-refractivity contribution in [3.63, 3.8) is 0 Å². The van der Waals surface area contributed by atoms with E-state index in [1.54, 1.807) is 5.54 Å². The second-order valence-electron chi connectivity index (χ2n) is 4.24. The molecule has 0 aliphatic carbocycles. The molecule has 3 nitrogen and oxygen atoms in total. The average molecular weight is 270 g/mol. The van der Waals surface area contributed by atoms with Crippen LogP contribution in [-0.4, -0.2) is 9.97 Å². The molecule has 0 bridgehead atoms. The highest BCUT2D eigenvalue weighted by molar-refractivity contribution is 6.29. The summed E-state index contributed by atoms with van der Waals surface area (Å²) in [5, 5.41) is 0. The lowest BCUT2D eigenvalue weighted by molar-refractivity contribution is 1.35. The number of anilines is 1. The van der Waals surface area contributed by atoms with Crippen LogP contribution in [0.15, 0.2) is 54.1 Å². The predicted molar refractivity (Wildman–Crippen MR) is 79.9 cm³/mol. The standard InChI is InChI=1S/C15H12ClN3/c16-9-12(10-4-2-1-3-5-10)11-6-7-13-14(8-11)19-15(17)18-13/h1-9H,(H3,17,18,19)/b12-9+. The number of nitrogen functional groups attached to an aromatic ring is 1. The van der Waals surface area contributed by atoms with Gasteiger partial charge in [-0.05, 0) is 23.3 Å². The Hall–Kier alpha value is -2.26. The monoisotopic (exact) mass is 269 g/mol. The first-order valence-electron chi connectivity index (χ1n) is 5.89. The Morgan fingerprint density at radius 2 is 1.89 bits per heavy atom. The number of halogens is 1. The minimum Gasteiger partial charge on any atom is -0.369 e. The molecule has 1 heterocycles. The number of H-pyrrole nitrogens is 1. The summed E-state index contributed by atoms with van der Waals surface area (Å²) >= 11 is 5.98. The van der Waals surface area contributed by atoms with Crippen molar-refractivity contribution in [3.05, 3.63) is 65.2 Å². The molecule has 3 aromatic rings. The third-order valence-corrected chi connectivity index (χ3v) is 3.22. The van der Waals surface area contributed by atoms with Crippen molar-refractivity contribution >= 4 is 34.2 Å². The van der Waals surface area contributed by atoms with Crippen molar-refractivity contribution in [2.45, 2.75) is 0 Å². The minimum atomic E-state index is 0.420. The van der Waals surface area contributed by atoms with Gasteiger partial charge in [-0.1, -0.05) is 48.0 Å². The van der Waals surface area contributed by atoms with Gasteiger partial charge in [0.2, 0.25) is 0 Å². The quantitative estimate of drug-likeness (QED) is 0.744. The van der Waals surface area contributed by atoms with Crippen LogP contribution in [0.5, 0.6) is 0 Å². The van der Waals surface area contributed by atoms with E-state index in [1.807, 2.05) is 48.5 Å². The molecule has 19 heavy (non-hydrogen) atoms. The summed E-state index contributed by atoms with van der Waals surface area (Å²) in [5.41, 5.74) is 12.1. The number of aromatic amines is 1. The van der Waals surface area contributed by atoms with Crippen molar-refractivity contribution in [2.75, 3.05) is 5.73 Å². The minimum absolute atomic E-state index is 0.420. The number of nitrogens with two attached hydrogens (primary N) is 1. The lowest BCUT2D eigenvalue weighted by Crippen LogP contribution is -1.87. The number of hydrogen-bond donors (Lipinski definition) is 2. The number of nitrogens with one attached hydrogen (secondary N) is 1. The summed E-state index contributed by atoms with van der Waals surface area (Å²) in [7, 11) is 0. The molecular formula is C15H12ClN3. The fourth-order valence-electron chi connectivity index (χ4n) is 2.11. The molecule has 0 fully saturated rings. The summed E-state index contributed by atoms with van der Waals surface area (Å²) in [5.74, 6) is 0.420. The molecule has 2 aromatic carbocycles. The SMILES string of the molecule is Nc1nc2ccc(/C(=C/Cl)c3ccccc3)cc2[nH]1. The van der Waals surface area contributed by atoms with E-state index < -0.39 is 0 Å². The van der Waals surface area contributed by atoms with Crippen LogP contribution < -0.4 is 5.73 Å². The van der Waals surface area contributed by atoms with Crippen molar-refractivity contribution < 1.29 is 0 Å². The number of benzene rings is 2. The maximum absolute atomic E-state index is 5.98. The van der Waals surface area contributed by atoms with E-state index in [1.165, 1.54) is 0 Å². The van der Waals surface area contributed by atoms with E-state index in [0.717, 1.165) is 27.7 Å². The lowest BCUT2D eigenvalue weighted by Gasteiger charge is -2.06. The molecule has 0 spiro atoms. The van der Waals surface area contributed by atoms with E-state index in [-0.39, 0.29) is 0 Å². The van der Waals surface area contributed by atoms with Gasteiger partial charge in [-0.2, -0.15) is 0 Å². The van der Waals surface area contributed by atoms with E-state index in [2.05, 4.69) is 9.97 Å². The molecule has 0 radical (unpaired) electrons. The predicted octanol–water partition coefficient (Wildman–Crippen LogP) is 3.77. The summed E-state index contributed by atoms with van der Waals surface area (Å²) < 4.78 is 0. The number of imidazole rings is 1. The number of hydrogen-bond acceptors (Lipinski definition) is 2. The molecule has 0 saturated heterocycles. The van der Waals surface area contributed by atoms with Crippen LogP contribution in [0.3, 0.4) is 0 Å². The number of aromatic nitrogens is 2. The van der Waals surface area contributed by atoms with E-state index in [0.29, 0.717) is 5.95 Å². The first-order chi connectivity index (χ1) is 9.28. The van der Waals surface area contributed by atoms with Crippen molar-refractivity contribution in [1.29, 1.82) is 0 Å². The fraction of sp³-hybridized carbons (Fsp3) is 0. The van der Waals surface area contributed by atoms with Gasteiger partial charge in [0.05, 0.1) is 11.0 Å². The largest absolute Gasteiger partial charge is 0.369 e. The summed E-state index contributed by atoms with van der Waals surface area (Å²) in [6, 6.07) is 15.9. The van der Waals surface area contributed by atoms with Crippen LogP contribution in [0.2, 0.25) is 0 Å². The number of fused-ring (bicyclic) bond motifs is 1. The summed E-state index contributed by atoms with van der Waals surface area (Å²) in [6.45, 7) is 0. The molecular weight excluding hydrogens is 258 g/mol. The molecule has 0 saturated carbocycles. The third kappa shape index (κ3) is 2.20. The van der Waals surface area contributed by atoms with Crippen LogP contribution in [0.1, 0.15) is 11.1 Å². The maximum atomic E-state index is 5.98. The smallest absolute Gasteiger partial charge is 0.198 e. The fourth-order valence-corrected chi connectivity index (χ4v) is 2.36. The normalized spacial score (nSPS) is 11.9. The molecule has 3 N–H and O–H groups in total. The van der Waals surface area contributed by atoms with Crippen LogP contribution in [0, 0.1) is 0 Å². The maximum Gasteiger partial charge on any atom is 0.198 e. The Morgan fingerprint density at radius 1 is 1.11 bits per heavy atom. The van der Waals surface area contributed by atoms with Crippen LogP contribution in [-0.2, 0) is 0 Å². The molecule has 3 rings (SSSR count). The highest BCUT2D eigenvalue weighted by atomic mass is 35.5. The number of nitrogens with zero attached hydrogens (tertiary/aromatic N) is 1.